The largest absolute Gasteiger partial charge is 0.375 e. The van der Waals surface area contributed by atoms with Gasteiger partial charge in [-0.2, -0.15) is 0 Å². The maximum absolute atomic E-state index is 12.3. The Hall–Kier alpha value is -2.38. The molecule has 132 valence electrons. The van der Waals surface area contributed by atoms with Crippen LogP contribution in [0.4, 0.5) is 5.69 Å². The second kappa shape index (κ2) is 9.19. The maximum atomic E-state index is 12.3. The number of ether oxygens (including phenoxy) is 1. The molecule has 0 saturated carbocycles. The first-order valence-electron chi connectivity index (χ1n) is 7.78. The van der Waals surface area contributed by atoms with Crippen molar-refractivity contribution in [1.82, 2.24) is 5.32 Å². The van der Waals surface area contributed by atoms with Gasteiger partial charge in [0.25, 0.3) is 5.69 Å². The number of methoxy groups -OCH3 is 1. The van der Waals surface area contributed by atoms with E-state index in [0.29, 0.717) is 6.54 Å². The third kappa shape index (κ3) is 5.58. The summed E-state index contributed by atoms with van der Waals surface area (Å²) in [6, 6.07) is 15.9. The molecule has 0 heterocycles. The summed E-state index contributed by atoms with van der Waals surface area (Å²) in [6.45, 7) is 2.18. The third-order valence-electron chi connectivity index (χ3n) is 3.65. The Bertz CT molecular complexity index is 707. The monoisotopic (exact) mass is 360 g/mol. The topological polar surface area (TPSA) is 81.5 Å². The summed E-state index contributed by atoms with van der Waals surface area (Å²) in [5.74, 6) is -0.110. The molecule has 2 atom stereocenters. The molecule has 25 heavy (non-hydrogen) atoms. The highest BCUT2D eigenvalue weighted by Gasteiger charge is 2.17. The zero-order valence-electron chi connectivity index (χ0n) is 14.0. The summed E-state index contributed by atoms with van der Waals surface area (Å²) >= 11 is 1.35. The van der Waals surface area contributed by atoms with Crippen molar-refractivity contribution in [2.45, 2.75) is 23.2 Å². The quantitative estimate of drug-likeness (QED) is 0.442. The Balaban J connectivity index is 1.88. The van der Waals surface area contributed by atoms with E-state index in [1.54, 1.807) is 26.2 Å². The van der Waals surface area contributed by atoms with Crippen LogP contribution in [0.25, 0.3) is 0 Å². The van der Waals surface area contributed by atoms with Crippen molar-refractivity contribution in [1.29, 1.82) is 0 Å². The molecule has 0 aliphatic carbocycles. The van der Waals surface area contributed by atoms with E-state index in [1.165, 1.54) is 23.9 Å². The molecule has 0 aliphatic rings. The van der Waals surface area contributed by atoms with Crippen LogP contribution in [0.3, 0.4) is 0 Å². The Kier molecular flexibility index (Phi) is 6.97. The number of amides is 1. The molecule has 0 radical (unpaired) electrons. The fourth-order valence-electron chi connectivity index (χ4n) is 2.25. The van der Waals surface area contributed by atoms with Crippen LogP contribution in [0.5, 0.6) is 0 Å². The Morgan fingerprint density at radius 1 is 1.20 bits per heavy atom. The van der Waals surface area contributed by atoms with Gasteiger partial charge in [-0.15, -0.1) is 11.8 Å². The lowest BCUT2D eigenvalue weighted by molar-refractivity contribution is -0.384. The van der Waals surface area contributed by atoms with Gasteiger partial charge in [-0.1, -0.05) is 30.3 Å². The molecular formula is C18H20N2O4S. The van der Waals surface area contributed by atoms with E-state index in [9.17, 15) is 14.9 Å². The number of nitrogens with one attached hydrogen (secondary N) is 1. The van der Waals surface area contributed by atoms with Crippen molar-refractivity contribution < 1.29 is 14.5 Å². The van der Waals surface area contributed by atoms with E-state index < -0.39 is 4.92 Å². The van der Waals surface area contributed by atoms with Crippen molar-refractivity contribution in [3.63, 3.8) is 0 Å². The van der Waals surface area contributed by atoms with Gasteiger partial charge in [-0.05, 0) is 24.6 Å². The molecule has 0 aliphatic heterocycles. The van der Waals surface area contributed by atoms with E-state index in [4.69, 9.17) is 4.74 Å². The number of hydrogen-bond acceptors (Lipinski definition) is 5. The van der Waals surface area contributed by atoms with Crippen LogP contribution < -0.4 is 5.32 Å². The fourth-order valence-corrected chi connectivity index (χ4v) is 3.14. The lowest BCUT2D eigenvalue weighted by atomic mass is 10.1. The van der Waals surface area contributed by atoms with Gasteiger partial charge in [0, 0.05) is 30.7 Å². The first-order valence-corrected chi connectivity index (χ1v) is 8.65. The minimum absolute atomic E-state index is 0.0345. The smallest absolute Gasteiger partial charge is 0.269 e. The molecular weight excluding hydrogens is 340 g/mol. The average molecular weight is 360 g/mol. The van der Waals surface area contributed by atoms with Crippen LogP contribution in [-0.4, -0.2) is 29.7 Å². The van der Waals surface area contributed by atoms with Crippen LogP contribution in [0, 0.1) is 10.1 Å². The van der Waals surface area contributed by atoms with Crippen molar-refractivity contribution >= 4 is 23.4 Å². The van der Waals surface area contributed by atoms with Gasteiger partial charge in [0.1, 0.15) is 0 Å². The highest BCUT2D eigenvalue weighted by atomic mass is 32.2. The number of non-ortho nitro benzene ring substituents is 1. The number of carbonyl (C=O) groups excluding carboxylic acids is 1. The number of benzene rings is 2. The Morgan fingerprint density at radius 3 is 2.40 bits per heavy atom. The number of nitrogens with zero attached hydrogens (tertiary/aromatic N) is 1. The summed E-state index contributed by atoms with van der Waals surface area (Å²) in [4.78, 5) is 23.3. The molecule has 0 aromatic heterocycles. The number of rotatable bonds is 8. The summed E-state index contributed by atoms with van der Waals surface area (Å²) < 4.78 is 5.44. The fraction of sp³-hybridized carbons (Fsp3) is 0.278. The molecule has 2 aromatic rings. The normalized spacial score (nSPS) is 13.0. The zero-order chi connectivity index (χ0) is 18.2. The van der Waals surface area contributed by atoms with E-state index in [1.807, 2.05) is 30.3 Å². The SMILES string of the molecule is COC(CNC(=O)C(C)Sc1ccc([N+](=O)[O-])cc1)c1ccccc1. The van der Waals surface area contributed by atoms with Crippen LogP contribution >= 0.6 is 11.8 Å². The number of nitro benzene ring substituents is 1. The maximum Gasteiger partial charge on any atom is 0.269 e. The summed E-state index contributed by atoms with van der Waals surface area (Å²) in [5.41, 5.74) is 1.04. The average Bonchev–Trinajstić information content (AvgIpc) is 2.63. The second-order valence-electron chi connectivity index (χ2n) is 5.39. The van der Waals surface area contributed by atoms with Crippen LogP contribution in [-0.2, 0) is 9.53 Å². The Morgan fingerprint density at radius 2 is 1.84 bits per heavy atom. The number of carbonyl (C=O) groups is 1. The predicted molar refractivity (Wildman–Crippen MR) is 97.6 cm³/mol. The van der Waals surface area contributed by atoms with Crippen molar-refractivity contribution in [2.75, 3.05) is 13.7 Å². The molecule has 0 fully saturated rings. The molecule has 6 nitrogen and oxygen atoms in total. The van der Waals surface area contributed by atoms with Gasteiger partial charge in [0.2, 0.25) is 5.91 Å². The minimum atomic E-state index is -0.445. The van der Waals surface area contributed by atoms with Crippen LogP contribution in [0.2, 0.25) is 0 Å². The standard InChI is InChI=1S/C18H20N2O4S/c1-13(25-16-10-8-15(9-11-16)20(22)23)18(21)19-12-17(24-2)14-6-4-3-5-7-14/h3-11,13,17H,12H2,1-2H3,(H,19,21). The van der Waals surface area contributed by atoms with Crippen molar-refractivity contribution in [3.05, 3.63) is 70.3 Å². The minimum Gasteiger partial charge on any atom is -0.375 e. The molecule has 7 heteroatoms. The first kappa shape index (κ1) is 19.0. The molecule has 1 N–H and O–H groups in total. The van der Waals surface area contributed by atoms with Crippen molar-refractivity contribution in [2.24, 2.45) is 0 Å². The molecule has 2 unspecified atom stereocenters. The van der Waals surface area contributed by atoms with Crippen LogP contribution in [0.1, 0.15) is 18.6 Å². The lowest BCUT2D eigenvalue weighted by Crippen LogP contribution is -2.34. The van der Waals surface area contributed by atoms with Gasteiger partial charge in [-0.25, -0.2) is 0 Å². The zero-order valence-corrected chi connectivity index (χ0v) is 14.9. The van der Waals surface area contributed by atoms with Gasteiger partial charge in [0.15, 0.2) is 0 Å². The van der Waals surface area contributed by atoms with E-state index in [2.05, 4.69) is 5.32 Å². The predicted octanol–water partition coefficient (Wildman–Crippen LogP) is 3.58. The van der Waals surface area contributed by atoms with E-state index >= 15 is 0 Å². The van der Waals surface area contributed by atoms with Crippen molar-refractivity contribution in [3.8, 4) is 0 Å². The van der Waals surface area contributed by atoms with Gasteiger partial charge in [-0.3, -0.25) is 14.9 Å². The summed E-state index contributed by atoms with van der Waals surface area (Å²) in [7, 11) is 1.61. The Labute approximate surface area is 150 Å². The molecule has 0 spiro atoms. The first-order chi connectivity index (χ1) is 12.0. The lowest BCUT2D eigenvalue weighted by Gasteiger charge is -2.18. The molecule has 0 saturated heterocycles. The number of nitro groups is 1. The second-order valence-corrected chi connectivity index (χ2v) is 6.81. The third-order valence-corrected chi connectivity index (χ3v) is 4.76. The highest BCUT2D eigenvalue weighted by Crippen LogP contribution is 2.25. The highest BCUT2D eigenvalue weighted by molar-refractivity contribution is 8.00. The van der Waals surface area contributed by atoms with Crippen LogP contribution in [0.15, 0.2) is 59.5 Å². The molecule has 1 amide bonds. The van der Waals surface area contributed by atoms with E-state index in [0.717, 1.165) is 10.5 Å². The molecule has 2 aromatic carbocycles. The number of hydrogen-bond donors (Lipinski definition) is 1. The van der Waals surface area contributed by atoms with E-state index in [-0.39, 0.29) is 22.9 Å². The summed E-state index contributed by atoms with van der Waals surface area (Å²) in [6.07, 6.45) is -0.207. The summed E-state index contributed by atoms with van der Waals surface area (Å²) in [5, 5.41) is 13.2. The van der Waals surface area contributed by atoms with Gasteiger partial charge >= 0.3 is 0 Å². The molecule has 2 rings (SSSR count). The van der Waals surface area contributed by atoms with Gasteiger partial charge < -0.3 is 10.1 Å². The number of thioether (sulfide) groups is 1. The van der Waals surface area contributed by atoms with Gasteiger partial charge in [0.05, 0.1) is 16.3 Å². The molecule has 0 bridgehead atoms.